The summed E-state index contributed by atoms with van der Waals surface area (Å²) in [7, 11) is 0. The van der Waals surface area contributed by atoms with E-state index in [-0.39, 0.29) is 11.3 Å². The largest absolute Gasteiger partial charge is 0.503 e. The van der Waals surface area contributed by atoms with Crippen molar-refractivity contribution >= 4 is 39.9 Å². The van der Waals surface area contributed by atoms with Crippen molar-refractivity contribution in [3.63, 3.8) is 0 Å². The molecular formula is C27H17ClN2O4. The molecule has 1 amide bonds. The lowest BCUT2D eigenvalue weighted by Gasteiger charge is -2.28. The highest BCUT2D eigenvalue weighted by Gasteiger charge is 2.45. The summed E-state index contributed by atoms with van der Waals surface area (Å²) >= 11 is 6.06. The summed E-state index contributed by atoms with van der Waals surface area (Å²) in [5, 5.41) is 21.2. The highest BCUT2D eigenvalue weighted by atomic mass is 35.5. The number of amides is 1. The van der Waals surface area contributed by atoms with Gasteiger partial charge in [-0.05, 0) is 66.6 Å². The van der Waals surface area contributed by atoms with Crippen LogP contribution in [0.5, 0.6) is 0 Å². The van der Waals surface area contributed by atoms with Gasteiger partial charge in [0.15, 0.2) is 11.5 Å². The number of fused-ring (bicyclic) bond motifs is 1. The molecule has 0 spiro atoms. The molecule has 1 unspecified atom stereocenters. The van der Waals surface area contributed by atoms with E-state index in [1.165, 1.54) is 4.90 Å². The number of benzene rings is 3. The summed E-state index contributed by atoms with van der Waals surface area (Å²) in [6, 6.07) is 21.4. The minimum Gasteiger partial charge on any atom is -0.503 e. The number of aryl methyl sites for hydroxylation is 1. The second-order valence-corrected chi connectivity index (χ2v) is 8.41. The lowest BCUT2D eigenvalue weighted by Crippen LogP contribution is -2.31. The van der Waals surface area contributed by atoms with Crippen LogP contribution in [-0.2, 0) is 4.79 Å². The van der Waals surface area contributed by atoms with Crippen LogP contribution in [0.25, 0.3) is 11.0 Å². The first kappa shape index (κ1) is 21.5. The lowest BCUT2D eigenvalue weighted by atomic mass is 9.92. The van der Waals surface area contributed by atoms with Crippen LogP contribution in [0.1, 0.15) is 33.3 Å². The average Bonchev–Trinajstić information content (AvgIpc) is 3.37. The van der Waals surface area contributed by atoms with E-state index in [0.717, 1.165) is 5.56 Å². The number of aliphatic hydroxyl groups is 1. The molecule has 0 aliphatic carbocycles. The van der Waals surface area contributed by atoms with Crippen molar-refractivity contribution in [3.05, 3.63) is 112 Å². The molecule has 0 fully saturated rings. The SMILES string of the molecule is Cc1ccccc1C1C(C(=O)c2cc3cc(Cl)ccc3o2)=C(O)C(=O)N1c1ccc(C#N)cc1. The van der Waals surface area contributed by atoms with E-state index in [0.29, 0.717) is 32.8 Å². The zero-order valence-corrected chi connectivity index (χ0v) is 18.7. The highest BCUT2D eigenvalue weighted by molar-refractivity contribution is 6.31. The van der Waals surface area contributed by atoms with E-state index in [1.54, 1.807) is 48.5 Å². The van der Waals surface area contributed by atoms with Crippen molar-refractivity contribution in [1.82, 2.24) is 0 Å². The fraction of sp³-hybridized carbons (Fsp3) is 0.0741. The van der Waals surface area contributed by atoms with Gasteiger partial charge in [0.2, 0.25) is 5.78 Å². The minimum absolute atomic E-state index is 0.00752. The maximum atomic E-state index is 13.7. The van der Waals surface area contributed by atoms with Crippen LogP contribution in [-0.4, -0.2) is 16.8 Å². The molecule has 1 atom stereocenters. The zero-order valence-electron chi connectivity index (χ0n) is 17.9. The van der Waals surface area contributed by atoms with Crippen LogP contribution >= 0.6 is 11.6 Å². The standard InChI is InChI=1S/C27H17ClN2O4/c1-15-4-2-3-5-20(15)24-23(25(31)22-13-17-12-18(28)8-11-21(17)34-22)26(32)27(33)30(24)19-9-6-16(14-29)7-10-19/h2-13,24,32H,1H3. The van der Waals surface area contributed by atoms with E-state index < -0.39 is 23.5 Å². The van der Waals surface area contributed by atoms with Crippen molar-refractivity contribution in [1.29, 1.82) is 5.26 Å². The highest BCUT2D eigenvalue weighted by Crippen LogP contribution is 2.43. The van der Waals surface area contributed by atoms with Crippen LogP contribution in [0.2, 0.25) is 5.02 Å². The molecule has 1 aliphatic rings. The molecule has 5 rings (SSSR count). The second kappa shape index (κ2) is 8.22. The summed E-state index contributed by atoms with van der Waals surface area (Å²) in [5.74, 6) is -1.95. The molecule has 1 N–H and O–H groups in total. The summed E-state index contributed by atoms with van der Waals surface area (Å²) in [6.07, 6.45) is 0. The maximum Gasteiger partial charge on any atom is 0.294 e. The predicted molar refractivity (Wildman–Crippen MR) is 128 cm³/mol. The normalized spacial score (nSPS) is 15.7. The number of anilines is 1. The van der Waals surface area contributed by atoms with Crippen molar-refractivity contribution in [2.45, 2.75) is 13.0 Å². The van der Waals surface area contributed by atoms with Gasteiger partial charge < -0.3 is 9.52 Å². The molecule has 1 aromatic heterocycles. The number of ketones is 1. The number of aliphatic hydroxyl groups excluding tert-OH is 1. The van der Waals surface area contributed by atoms with Gasteiger partial charge in [-0.1, -0.05) is 35.9 Å². The lowest BCUT2D eigenvalue weighted by molar-refractivity contribution is -0.117. The van der Waals surface area contributed by atoms with Gasteiger partial charge in [0.05, 0.1) is 23.2 Å². The Balaban J connectivity index is 1.67. The number of nitriles is 1. The fourth-order valence-electron chi connectivity index (χ4n) is 4.25. The third-order valence-corrected chi connectivity index (χ3v) is 6.15. The molecule has 0 saturated carbocycles. The summed E-state index contributed by atoms with van der Waals surface area (Å²) in [4.78, 5) is 28.3. The third-order valence-electron chi connectivity index (χ3n) is 5.91. The van der Waals surface area contributed by atoms with E-state index in [1.807, 2.05) is 37.3 Å². The van der Waals surface area contributed by atoms with Crippen LogP contribution in [0.4, 0.5) is 5.69 Å². The number of Topliss-reactive ketones (excluding diaryl/α,β-unsaturated/α-hetero) is 1. The van der Waals surface area contributed by atoms with Crippen molar-refractivity contribution in [2.75, 3.05) is 4.90 Å². The molecule has 2 heterocycles. The number of rotatable bonds is 4. The molecule has 0 saturated heterocycles. The van der Waals surface area contributed by atoms with E-state index >= 15 is 0 Å². The third kappa shape index (κ3) is 3.43. The van der Waals surface area contributed by atoms with Crippen LogP contribution in [0, 0.1) is 18.3 Å². The molecule has 34 heavy (non-hydrogen) atoms. The van der Waals surface area contributed by atoms with Gasteiger partial charge in [-0.15, -0.1) is 0 Å². The molecule has 7 heteroatoms. The molecular weight excluding hydrogens is 452 g/mol. The van der Waals surface area contributed by atoms with Gasteiger partial charge in [-0.2, -0.15) is 5.26 Å². The van der Waals surface area contributed by atoms with Gasteiger partial charge in [0.1, 0.15) is 5.58 Å². The smallest absolute Gasteiger partial charge is 0.294 e. The Morgan fingerprint density at radius 2 is 1.82 bits per heavy atom. The Hall–Kier alpha value is -4.34. The number of hydrogen-bond donors (Lipinski definition) is 1. The molecule has 3 aromatic carbocycles. The maximum absolute atomic E-state index is 13.7. The number of nitrogens with zero attached hydrogens (tertiary/aromatic N) is 2. The van der Waals surface area contributed by atoms with Crippen LogP contribution in [0.3, 0.4) is 0 Å². The van der Waals surface area contributed by atoms with Gasteiger partial charge in [0.25, 0.3) is 5.91 Å². The van der Waals surface area contributed by atoms with Gasteiger partial charge in [-0.3, -0.25) is 14.5 Å². The Labute approximate surface area is 199 Å². The Bertz CT molecular complexity index is 1540. The van der Waals surface area contributed by atoms with E-state index in [2.05, 4.69) is 0 Å². The quantitative estimate of drug-likeness (QED) is 0.368. The first-order valence-corrected chi connectivity index (χ1v) is 10.8. The number of halogens is 1. The molecule has 0 bridgehead atoms. The Kier molecular flexibility index (Phi) is 5.20. The predicted octanol–water partition coefficient (Wildman–Crippen LogP) is 6.05. The summed E-state index contributed by atoms with van der Waals surface area (Å²) in [5.41, 5.74) is 2.80. The summed E-state index contributed by atoms with van der Waals surface area (Å²) < 4.78 is 5.75. The van der Waals surface area contributed by atoms with Gasteiger partial charge >= 0.3 is 0 Å². The van der Waals surface area contributed by atoms with Crippen molar-refractivity contribution in [3.8, 4) is 6.07 Å². The van der Waals surface area contributed by atoms with Gasteiger partial charge in [0, 0.05) is 16.1 Å². The van der Waals surface area contributed by atoms with Crippen LogP contribution < -0.4 is 4.90 Å². The number of carbonyl (C=O) groups is 2. The van der Waals surface area contributed by atoms with E-state index in [4.69, 9.17) is 21.3 Å². The number of hydrogen-bond acceptors (Lipinski definition) is 5. The number of furan rings is 1. The second-order valence-electron chi connectivity index (χ2n) is 7.98. The average molecular weight is 469 g/mol. The summed E-state index contributed by atoms with van der Waals surface area (Å²) in [6.45, 7) is 1.87. The van der Waals surface area contributed by atoms with Gasteiger partial charge in [-0.25, -0.2) is 0 Å². The first-order valence-electron chi connectivity index (χ1n) is 10.4. The Morgan fingerprint density at radius 3 is 2.53 bits per heavy atom. The molecule has 1 aliphatic heterocycles. The van der Waals surface area contributed by atoms with Crippen LogP contribution in [0.15, 0.2) is 88.5 Å². The van der Waals surface area contributed by atoms with Crippen molar-refractivity contribution in [2.24, 2.45) is 0 Å². The minimum atomic E-state index is -0.883. The van der Waals surface area contributed by atoms with Crippen molar-refractivity contribution < 1.29 is 19.1 Å². The molecule has 166 valence electrons. The molecule has 6 nitrogen and oxygen atoms in total. The first-order chi connectivity index (χ1) is 16.4. The fourth-order valence-corrected chi connectivity index (χ4v) is 4.43. The Morgan fingerprint density at radius 1 is 1.09 bits per heavy atom. The topological polar surface area (TPSA) is 94.5 Å². The molecule has 0 radical (unpaired) electrons. The monoisotopic (exact) mass is 468 g/mol. The number of carbonyl (C=O) groups excluding carboxylic acids is 2. The molecule has 4 aromatic rings. The van der Waals surface area contributed by atoms with E-state index in [9.17, 15) is 14.7 Å². The zero-order chi connectivity index (χ0) is 24.0.